The van der Waals surface area contributed by atoms with Crippen molar-refractivity contribution in [3.8, 4) is 11.3 Å². The highest BCUT2D eigenvalue weighted by Gasteiger charge is 2.16. The van der Waals surface area contributed by atoms with Crippen molar-refractivity contribution >= 4 is 18.0 Å². The van der Waals surface area contributed by atoms with E-state index in [1.54, 1.807) is 6.07 Å². The molecule has 0 saturated heterocycles. The van der Waals surface area contributed by atoms with Crippen molar-refractivity contribution < 1.29 is 9.32 Å². The number of hydrogen-bond donors (Lipinski definition) is 1. The molecule has 2 aromatic carbocycles. The zero-order valence-electron chi connectivity index (χ0n) is 13.8. The van der Waals surface area contributed by atoms with Crippen LogP contribution in [0.1, 0.15) is 17.5 Å². The molecule has 0 bridgehead atoms. The predicted molar refractivity (Wildman–Crippen MR) is 97.4 cm³/mol. The van der Waals surface area contributed by atoms with Crippen LogP contribution in [0.25, 0.3) is 11.3 Å². The third kappa shape index (κ3) is 3.26. The molecule has 5 heteroatoms. The van der Waals surface area contributed by atoms with Gasteiger partial charge in [0.1, 0.15) is 5.69 Å². The minimum Gasteiger partial charge on any atom is -0.367 e. The molecule has 0 saturated carbocycles. The fourth-order valence-electron chi connectivity index (χ4n) is 3.31. The number of carbonyl (C=O) groups excluding carboxylic acids is 1. The van der Waals surface area contributed by atoms with Crippen molar-refractivity contribution in [1.82, 2.24) is 5.16 Å². The molecular formula is C20H19N3O2. The molecule has 0 atom stereocenters. The molecular weight excluding hydrogens is 314 g/mol. The number of anilines is 2. The molecule has 1 aromatic heterocycles. The normalized spacial score (nSPS) is 13.4. The summed E-state index contributed by atoms with van der Waals surface area (Å²) in [6.45, 7) is 1.98. The summed E-state index contributed by atoms with van der Waals surface area (Å²) in [5.74, 6) is 0.346. The lowest BCUT2D eigenvalue weighted by Crippen LogP contribution is -2.28. The molecule has 5 nitrogen and oxygen atoms in total. The maximum atomic E-state index is 10.4. The van der Waals surface area contributed by atoms with Gasteiger partial charge in [0.05, 0.1) is 0 Å². The van der Waals surface area contributed by atoms with Gasteiger partial charge in [-0.1, -0.05) is 47.6 Å². The minimum atomic E-state index is 0.346. The smallest absolute Gasteiger partial charge is 0.231 e. The van der Waals surface area contributed by atoms with E-state index in [2.05, 4.69) is 51.8 Å². The minimum absolute atomic E-state index is 0.346. The van der Waals surface area contributed by atoms with E-state index in [4.69, 9.17) is 4.52 Å². The van der Waals surface area contributed by atoms with E-state index in [1.807, 2.05) is 12.1 Å². The van der Waals surface area contributed by atoms with Crippen molar-refractivity contribution in [3.05, 3.63) is 65.7 Å². The highest BCUT2D eigenvalue weighted by Crippen LogP contribution is 2.28. The Labute approximate surface area is 146 Å². The molecule has 0 spiro atoms. The second-order valence-corrected chi connectivity index (χ2v) is 6.19. The average Bonchev–Trinajstić information content (AvgIpc) is 3.12. The molecule has 25 heavy (non-hydrogen) atoms. The van der Waals surface area contributed by atoms with Crippen LogP contribution >= 0.6 is 0 Å². The number of para-hydroxylation sites is 1. The number of nitrogens with one attached hydrogen (secondary N) is 1. The van der Waals surface area contributed by atoms with E-state index in [0.29, 0.717) is 18.0 Å². The average molecular weight is 333 g/mol. The third-order valence-corrected chi connectivity index (χ3v) is 4.54. The van der Waals surface area contributed by atoms with E-state index in [0.717, 1.165) is 25.1 Å². The van der Waals surface area contributed by atoms with Gasteiger partial charge in [0.2, 0.25) is 12.3 Å². The fourth-order valence-corrected chi connectivity index (χ4v) is 3.31. The molecule has 3 aromatic rings. The zero-order chi connectivity index (χ0) is 17.1. The molecule has 1 aliphatic heterocycles. The van der Waals surface area contributed by atoms with Gasteiger partial charge in [0.15, 0.2) is 0 Å². The van der Waals surface area contributed by atoms with Crippen LogP contribution in [0.2, 0.25) is 0 Å². The number of hydrogen-bond acceptors (Lipinski definition) is 4. The van der Waals surface area contributed by atoms with Crippen LogP contribution in [0.3, 0.4) is 0 Å². The van der Waals surface area contributed by atoms with E-state index >= 15 is 0 Å². The topological polar surface area (TPSA) is 58.4 Å². The van der Waals surface area contributed by atoms with Crippen LogP contribution in [0.15, 0.2) is 59.1 Å². The number of amides is 1. The van der Waals surface area contributed by atoms with Gasteiger partial charge in [-0.25, -0.2) is 0 Å². The monoisotopic (exact) mass is 333 g/mol. The van der Waals surface area contributed by atoms with Gasteiger partial charge in [-0.3, -0.25) is 10.1 Å². The lowest BCUT2D eigenvalue weighted by molar-refractivity contribution is -0.105. The molecule has 126 valence electrons. The van der Waals surface area contributed by atoms with Gasteiger partial charge < -0.3 is 9.42 Å². The van der Waals surface area contributed by atoms with Gasteiger partial charge in [-0.2, -0.15) is 0 Å². The Morgan fingerprint density at radius 1 is 1.16 bits per heavy atom. The summed E-state index contributed by atoms with van der Waals surface area (Å²) in [5, 5.41) is 6.43. The van der Waals surface area contributed by atoms with Gasteiger partial charge >= 0.3 is 0 Å². The number of benzene rings is 2. The highest BCUT2D eigenvalue weighted by atomic mass is 16.5. The number of rotatable bonds is 5. The van der Waals surface area contributed by atoms with Crippen LogP contribution in [-0.2, 0) is 17.8 Å². The van der Waals surface area contributed by atoms with Crippen molar-refractivity contribution in [2.45, 2.75) is 19.4 Å². The summed E-state index contributed by atoms with van der Waals surface area (Å²) in [6, 6.07) is 18.7. The summed E-state index contributed by atoms with van der Waals surface area (Å²) in [5.41, 5.74) is 5.71. The Kier molecular flexibility index (Phi) is 4.21. The molecule has 0 fully saturated rings. The zero-order valence-corrected chi connectivity index (χ0v) is 13.8. The van der Waals surface area contributed by atoms with Crippen LogP contribution in [-0.4, -0.2) is 18.1 Å². The molecule has 0 radical (unpaired) electrons. The fraction of sp³-hybridized carbons (Fsp3) is 0.200. The first-order valence-electron chi connectivity index (χ1n) is 8.42. The van der Waals surface area contributed by atoms with Crippen LogP contribution < -0.4 is 10.2 Å². The summed E-state index contributed by atoms with van der Waals surface area (Å²) in [7, 11) is 0. The Hall–Kier alpha value is -3.08. The first-order chi connectivity index (χ1) is 12.3. The van der Waals surface area contributed by atoms with Crippen molar-refractivity contribution in [1.29, 1.82) is 0 Å². The van der Waals surface area contributed by atoms with Crippen molar-refractivity contribution in [2.75, 3.05) is 16.8 Å². The number of nitrogens with zero attached hydrogens (tertiary/aromatic N) is 2. The summed E-state index contributed by atoms with van der Waals surface area (Å²) < 4.78 is 5.05. The lowest BCUT2D eigenvalue weighted by Gasteiger charge is -2.31. The maximum absolute atomic E-state index is 10.4. The number of fused-ring (bicyclic) bond motifs is 1. The number of carbonyl (C=O) groups is 1. The Bertz CT molecular complexity index is 871. The Balaban J connectivity index is 1.50. The summed E-state index contributed by atoms with van der Waals surface area (Å²) >= 11 is 0. The van der Waals surface area contributed by atoms with Crippen molar-refractivity contribution in [3.63, 3.8) is 0 Å². The van der Waals surface area contributed by atoms with E-state index in [1.165, 1.54) is 23.2 Å². The van der Waals surface area contributed by atoms with Crippen molar-refractivity contribution in [2.24, 2.45) is 0 Å². The molecule has 1 amide bonds. The number of aromatic nitrogens is 1. The standard InChI is InChI=1S/C20H19N3O2/c24-14-21-20-12-18(22-25-20)16-9-7-15(8-10-16)13-23-11-3-5-17-4-1-2-6-19(17)23/h1-2,4,6-10,12,14H,3,5,11,13H2,(H,21,24). The lowest BCUT2D eigenvalue weighted by atomic mass is 10.0. The molecule has 2 heterocycles. The third-order valence-electron chi connectivity index (χ3n) is 4.54. The second-order valence-electron chi connectivity index (χ2n) is 6.19. The largest absolute Gasteiger partial charge is 0.367 e. The molecule has 0 aliphatic carbocycles. The van der Waals surface area contributed by atoms with E-state index < -0.39 is 0 Å². The molecule has 0 unspecified atom stereocenters. The predicted octanol–water partition coefficient (Wildman–Crippen LogP) is 3.86. The van der Waals surface area contributed by atoms with Gasteiger partial charge in [0.25, 0.3) is 0 Å². The van der Waals surface area contributed by atoms with Gasteiger partial charge in [0, 0.05) is 30.4 Å². The van der Waals surface area contributed by atoms with E-state index in [9.17, 15) is 4.79 Å². The Morgan fingerprint density at radius 3 is 2.84 bits per heavy atom. The SMILES string of the molecule is O=CNc1cc(-c2ccc(CN3CCCc4ccccc43)cc2)no1. The molecule has 4 rings (SSSR count). The van der Waals surface area contributed by atoms with Gasteiger partial charge in [-0.15, -0.1) is 0 Å². The first-order valence-corrected chi connectivity index (χ1v) is 8.42. The maximum Gasteiger partial charge on any atom is 0.231 e. The van der Waals surface area contributed by atoms with E-state index in [-0.39, 0.29) is 0 Å². The van der Waals surface area contributed by atoms with Crippen LogP contribution in [0.4, 0.5) is 11.6 Å². The molecule has 1 N–H and O–H groups in total. The number of aryl methyl sites for hydroxylation is 1. The van der Waals surface area contributed by atoms with Crippen LogP contribution in [0, 0.1) is 0 Å². The quantitative estimate of drug-likeness (QED) is 0.720. The summed E-state index contributed by atoms with van der Waals surface area (Å²) in [6.07, 6.45) is 2.93. The summed E-state index contributed by atoms with van der Waals surface area (Å²) in [4.78, 5) is 12.9. The highest BCUT2D eigenvalue weighted by molar-refractivity contribution is 5.71. The second kappa shape index (κ2) is 6.81. The van der Waals surface area contributed by atoms with Gasteiger partial charge in [-0.05, 0) is 30.0 Å². The molecule has 1 aliphatic rings. The first kappa shape index (κ1) is 15.4. The Morgan fingerprint density at radius 2 is 2.00 bits per heavy atom. The van der Waals surface area contributed by atoms with Crippen LogP contribution in [0.5, 0.6) is 0 Å².